The zero-order chi connectivity index (χ0) is 51.5. The summed E-state index contributed by atoms with van der Waals surface area (Å²) in [4.78, 5) is 40.1. The molecule has 2 atom stereocenters. The number of carbonyl (C=O) groups excluding carboxylic acids is 1. The van der Waals surface area contributed by atoms with E-state index >= 15 is 4.39 Å². The van der Waals surface area contributed by atoms with E-state index in [1.165, 1.54) is 35.6 Å². The van der Waals surface area contributed by atoms with E-state index in [-0.39, 0.29) is 46.0 Å². The molecule has 5 aliphatic heterocycles. The standard InChI is InChI=1S/C60H68FN9O5/c1-5-40-7-6-8-41-24-46(71)25-49(53(40)41)55-54(61)56-50(28-62-55)57(69-33-44-11-12-45(34-69)63-44)65-59(64-56)75-36-60(15-16-60)35-68-21-19-67(20-22-68)29-38-13-17-66(18-14-38)30-39-9-10-42-31-70(32-43(42)23-39)58(73)48-26-47(37(2)3)52(74-4)27-51(48)72/h1,6-10,23-28,37-38,44-45,63,71-72H,11-22,29-36H2,2-4H3. The summed E-state index contributed by atoms with van der Waals surface area (Å²) in [6.45, 7) is 16.5. The molecule has 14 nitrogen and oxygen atoms in total. The lowest BCUT2D eigenvalue weighted by Crippen LogP contribution is -2.51. The number of carbonyl (C=O) groups is 1. The van der Waals surface area contributed by atoms with Gasteiger partial charge in [-0.2, -0.15) is 9.97 Å². The summed E-state index contributed by atoms with van der Waals surface area (Å²) < 4.78 is 29.2. The SMILES string of the molecule is C#Cc1cccc2cc(O)cc(-c3ncc4c(N5CC6CCC(C5)N6)nc(OCC5(CN6CCN(CC7CCN(Cc8ccc9c(c8)CN(C(=O)c8cc(C(C)C)c(OC)cc8O)C9)CC7)CC6)CC5)nc4c3F)c12. The largest absolute Gasteiger partial charge is 0.508 e. The van der Waals surface area contributed by atoms with E-state index in [4.69, 9.17) is 25.9 Å². The summed E-state index contributed by atoms with van der Waals surface area (Å²) in [5.74, 6) is 3.98. The highest BCUT2D eigenvalue weighted by Crippen LogP contribution is 2.47. The average Bonchev–Trinajstić information content (AvgIpc) is 3.91. The minimum absolute atomic E-state index is 0.00426. The molecule has 2 unspecified atom stereocenters. The van der Waals surface area contributed by atoms with Crippen molar-refractivity contribution in [1.29, 1.82) is 0 Å². The van der Waals surface area contributed by atoms with Gasteiger partial charge in [-0.1, -0.05) is 50.1 Å². The second kappa shape index (κ2) is 20.2. The van der Waals surface area contributed by atoms with Crippen LogP contribution in [0.5, 0.6) is 23.3 Å². The van der Waals surface area contributed by atoms with Crippen LogP contribution in [-0.4, -0.2) is 142 Å². The summed E-state index contributed by atoms with van der Waals surface area (Å²) in [5.41, 5.74) is 6.07. The average molecular weight is 1010 g/mol. The molecular weight excluding hydrogens is 946 g/mol. The van der Waals surface area contributed by atoms with Gasteiger partial charge in [0.1, 0.15) is 34.3 Å². The predicted molar refractivity (Wildman–Crippen MR) is 289 cm³/mol. The lowest BCUT2D eigenvalue weighted by Gasteiger charge is -2.39. The molecule has 2 aromatic heterocycles. The fraction of sp³-hybridized carbons (Fsp3) is 0.467. The van der Waals surface area contributed by atoms with Crippen molar-refractivity contribution in [2.45, 2.75) is 90.0 Å². The number of phenols is 2. The molecule has 6 aliphatic rings. The number of likely N-dealkylation sites (tertiary alicyclic amines) is 1. The van der Waals surface area contributed by atoms with Crippen LogP contribution in [0.3, 0.4) is 0 Å². The van der Waals surface area contributed by atoms with Crippen molar-refractivity contribution in [3.8, 4) is 46.9 Å². The fourth-order valence-electron chi connectivity index (χ4n) is 12.7. The number of halogens is 1. The zero-order valence-electron chi connectivity index (χ0n) is 43.5. The number of pyridine rings is 1. The number of fused-ring (bicyclic) bond motifs is 5. The number of piperazine rings is 2. The van der Waals surface area contributed by atoms with E-state index < -0.39 is 5.82 Å². The molecule has 75 heavy (non-hydrogen) atoms. The number of ether oxygens (including phenoxy) is 2. The first kappa shape index (κ1) is 49.3. The van der Waals surface area contributed by atoms with Gasteiger partial charge in [0.15, 0.2) is 5.82 Å². The van der Waals surface area contributed by atoms with Crippen LogP contribution in [0.25, 0.3) is 32.9 Å². The van der Waals surface area contributed by atoms with E-state index in [9.17, 15) is 15.0 Å². The van der Waals surface area contributed by atoms with Gasteiger partial charge in [0.25, 0.3) is 5.91 Å². The number of benzene rings is 4. The third-order valence-corrected chi connectivity index (χ3v) is 17.1. The molecule has 4 saturated heterocycles. The molecule has 4 aromatic carbocycles. The maximum atomic E-state index is 17.2. The minimum Gasteiger partial charge on any atom is -0.508 e. The molecule has 7 heterocycles. The summed E-state index contributed by atoms with van der Waals surface area (Å²) in [5, 5.41) is 27.1. The highest BCUT2D eigenvalue weighted by molar-refractivity contribution is 6.03. The van der Waals surface area contributed by atoms with Gasteiger partial charge < -0.3 is 44.6 Å². The Morgan fingerprint density at radius 1 is 0.907 bits per heavy atom. The fourth-order valence-corrected chi connectivity index (χ4v) is 12.7. The minimum atomic E-state index is -0.601. The Bertz CT molecular complexity index is 3200. The maximum absolute atomic E-state index is 17.2. The number of aromatic hydroxyl groups is 2. The van der Waals surface area contributed by atoms with Gasteiger partial charge in [-0.3, -0.25) is 14.7 Å². The predicted octanol–water partition coefficient (Wildman–Crippen LogP) is 8.29. The summed E-state index contributed by atoms with van der Waals surface area (Å²) in [6, 6.07) is 19.5. The molecule has 15 heteroatoms. The van der Waals surface area contributed by atoms with E-state index in [0.717, 1.165) is 103 Å². The molecule has 1 aliphatic carbocycles. The van der Waals surface area contributed by atoms with Crippen LogP contribution in [0.15, 0.2) is 66.9 Å². The van der Waals surface area contributed by atoms with Gasteiger partial charge in [-0.05, 0) is 115 Å². The van der Waals surface area contributed by atoms with Gasteiger partial charge in [-0.25, -0.2) is 4.39 Å². The Kier molecular flexibility index (Phi) is 13.3. The lowest BCUT2D eigenvalue weighted by molar-refractivity contribution is 0.0745. The van der Waals surface area contributed by atoms with Crippen LogP contribution in [0, 0.1) is 29.5 Å². The summed E-state index contributed by atoms with van der Waals surface area (Å²) in [6.07, 6.45) is 14.3. The molecule has 0 radical (unpaired) electrons. The summed E-state index contributed by atoms with van der Waals surface area (Å²) >= 11 is 0. The molecule has 12 rings (SSSR count). The number of amides is 1. The van der Waals surface area contributed by atoms with Gasteiger partial charge in [-0.15, -0.1) is 6.42 Å². The molecule has 2 bridgehead atoms. The van der Waals surface area contributed by atoms with Gasteiger partial charge in [0.05, 0.1) is 24.7 Å². The van der Waals surface area contributed by atoms with E-state index in [1.54, 1.807) is 31.5 Å². The van der Waals surface area contributed by atoms with Crippen LogP contribution < -0.4 is 19.7 Å². The van der Waals surface area contributed by atoms with Gasteiger partial charge in [0.2, 0.25) is 0 Å². The molecule has 390 valence electrons. The van der Waals surface area contributed by atoms with Gasteiger partial charge in [0, 0.05) is 118 Å². The lowest BCUT2D eigenvalue weighted by atomic mass is 9.95. The number of piperidine rings is 1. The van der Waals surface area contributed by atoms with Crippen molar-refractivity contribution >= 4 is 33.4 Å². The quantitative estimate of drug-likeness (QED) is 0.0902. The van der Waals surface area contributed by atoms with Crippen molar-refractivity contribution in [2.24, 2.45) is 11.3 Å². The van der Waals surface area contributed by atoms with E-state index in [0.29, 0.717) is 82.1 Å². The molecule has 1 amide bonds. The first-order valence-electron chi connectivity index (χ1n) is 27.1. The number of hydrogen-bond donors (Lipinski definition) is 3. The number of methoxy groups -OCH3 is 1. The number of terminal acetylenes is 1. The second-order valence-corrected chi connectivity index (χ2v) is 22.7. The molecule has 3 N–H and O–H groups in total. The van der Waals surface area contributed by atoms with Crippen molar-refractivity contribution < 1.29 is 28.9 Å². The highest BCUT2D eigenvalue weighted by Gasteiger charge is 2.46. The van der Waals surface area contributed by atoms with Crippen molar-refractivity contribution in [1.82, 2.24) is 39.9 Å². The Morgan fingerprint density at radius 3 is 2.40 bits per heavy atom. The number of rotatable bonds is 14. The number of nitrogens with one attached hydrogen (secondary N) is 1. The van der Waals surface area contributed by atoms with Gasteiger partial charge >= 0.3 is 6.01 Å². The Balaban J connectivity index is 0.646. The third-order valence-electron chi connectivity index (χ3n) is 17.1. The molecule has 1 saturated carbocycles. The van der Waals surface area contributed by atoms with Crippen LogP contribution in [0.1, 0.15) is 96.5 Å². The molecular formula is C60H68FN9O5. The van der Waals surface area contributed by atoms with E-state index in [1.807, 2.05) is 23.1 Å². The monoisotopic (exact) mass is 1010 g/mol. The Morgan fingerprint density at radius 2 is 1.67 bits per heavy atom. The number of hydrogen-bond acceptors (Lipinski definition) is 13. The normalized spacial score (nSPS) is 21.0. The van der Waals surface area contributed by atoms with Crippen LogP contribution in [-0.2, 0) is 19.6 Å². The van der Waals surface area contributed by atoms with Crippen molar-refractivity contribution in [3.63, 3.8) is 0 Å². The van der Waals surface area contributed by atoms with Crippen LogP contribution in [0.4, 0.5) is 10.2 Å². The second-order valence-electron chi connectivity index (χ2n) is 22.7. The number of aromatic nitrogens is 3. The Hall–Kier alpha value is -6.57. The Labute approximate surface area is 438 Å². The summed E-state index contributed by atoms with van der Waals surface area (Å²) in [7, 11) is 1.59. The molecule has 6 aromatic rings. The van der Waals surface area contributed by atoms with Crippen molar-refractivity contribution in [3.05, 3.63) is 106 Å². The zero-order valence-corrected chi connectivity index (χ0v) is 43.5. The maximum Gasteiger partial charge on any atom is 0.319 e. The topological polar surface area (TPSA) is 143 Å². The molecule has 5 fully saturated rings. The number of nitrogens with zero attached hydrogens (tertiary/aromatic N) is 8. The van der Waals surface area contributed by atoms with E-state index in [2.05, 4.69) is 67.9 Å². The smallest absolute Gasteiger partial charge is 0.319 e. The van der Waals surface area contributed by atoms with Crippen LogP contribution in [0.2, 0.25) is 0 Å². The first-order valence-corrected chi connectivity index (χ1v) is 27.1. The number of anilines is 1. The third kappa shape index (κ3) is 9.94. The van der Waals surface area contributed by atoms with Crippen LogP contribution >= 0.6 is 0 Å². The number of phenolic OH excluding ortho intramolecular Hbond substituents is 2. The first-order chi connectivity index (χ1) is 36.4. The van der Waals surface area contributed by atoms with Crippen molar-refractivity contribution in [2.75, 3.05) is 84.1 Å². The highest BCUT2D eigenvalue weighted by atomic mass is 19.1. The molecule has 0 spiro atoms.